The van der Waals surface area contributed by atoms with Gasteiger partial charge in [0.2, 0.25) is 0 Å². The van der Waals surface area contributed by atoms with Gasteiger partial charge in [-0.25, -0.2) is 4.98 Å². The van der Waals surface area contributed by atoms with Gasteiger partial charge in [0.15, 0.2) is 5.16 Å². The number of carbonyl (C=O) groups is 1. The van der Waals surface area contributed by atoms with Crippen LogP contribution in [0, 0.1) is 0 Å². The summed E-state index contributed by atoms with van der Waals surface area (Å²) >= 11 is 1.25. The molecule has 1 saturated heterocycles. The molecule has 0 aliphatic carbocycles. The van der Waals surface area contributed by atoms with Gasteiger partial charge in [-0.2, -0.15) is 0 Å². The molecule has 0 saturated carbocycles. The minimum absolute atomic E-state index is 0.0301. The molecule has 0 bridgehead atoms. The van der Waals surface area contributed by atoms with Crippen LogP contribution in [0.15, 0.2) is 17.6 Å². The van der Waals surface area contributed by atoms with E-state index in [0.29, 0.717) is 0 Å². The average molecular weight is 256 g/mol. The van der Waals surface area contributed by atoms with Gasteiger partial charge in [-0.05, 0) is 20.3 Å². The highest BCUT2D eigenvalue weighted by Gasteiger charge is 2.39. The molecule has 0 radical (unpaired) electrons. The summed E-state index contributed by atoms with van der Waals surface area (Å²) in [6.07, 6.45) is 4.64. The number of imidazole rings is 1. The molecule has 0 aromatic carbocycles. The van der Waals surface area contributed by atoms with Crippen molar-refractivity contribution in [3.05, 3.63) is 12.4 Å². The van der Waals surface area contributed by atoms with E-state index in [1.165, 1.54) is 11.8 Å². The summed E-state index contributed by atoms with van der Waals surface area (Å²) < 4.78 is 7.64. The van der Waals surface area contributed by atoms with Crippen molar-refractivity contribution in [3.8, 4) is 0 Å². The van der Waals surface area contributed by atoms with Crippen LogP contribution in [0.1, 0.15) is 20.3 Å². The second kappa shape index (κ2) is 4.70. The Morgan fingerprint density at radius 3 is 3.18 bits per heavy atom. The van der Waals surface area contributed by atoms with Crippen LogP contribution in [-0.4, -0.2) is 39.1 Å². The first-order valence-corrected chi connectivity index (χ1v) is 6.52. The fourth-order valence-electron chi connectivity index (χ4n) is 2.05. The van der Waals surface area contributed by atoms with Gasteiger partial charge in [0.25, 0.3) is 0 Å². The highest BCUT2D eigenvalue weighted by Crippen LogP contribution is 2.35. The number of rotatable bonds is 4. The van der Waals surface area contributed by atoms with E-state index in [1.807, 2.05) is 17.7 Å². The second-order valence-corrected chi connectivity index (χ2v) is 5.32. The van der Waals surface area contributed by atoms with Crippen LogP contribution in [0.2, 0.25) is 0 Å². The van der Waals surface area contributed by atoms with E-state index in [4.69, 9.17) is 9.84 Å². The highest BCUT2D eigenvalue weighted by atomic mass is 32.2. The van der Waals surface area contributed by atoms with Crippen molar-refractivity contribution in [2.75, 3.05) is 12.4 Å². The van der Waals surface area contributed by atoms with Crippen LogP contribution in [-0.2, 0) is 15.1 Å². The SMILES string of the molecule is CC1OCCC1(C)n1ccnc1SCC(=O)O. The molecule has 2 unspecified atom stereocenters. The first-order valence-electron chi connectivity index (χ1n) is 5.54. The standard InChI is InChI=1S/C11H16N2O3S/c1-8-11(2,3-6-16-8)13-5-4-12-10(13)17-7-9(14)15/h4-5,8H,3,6-7H2,1-2H3,(H,14,15). The molecule has 17 heavy (non-hydrogen) atoms. The first-order chi connectivity index (χ1) is 8.04. The van der Waals surface area contributed by atoms with Crippen LogP contribution in [0.3, 0.4) is 0 Å². The number of ether oxygens (including phenoxy) is 1. The summed E-state index contributed by atoms with van der Waals surface area (Å²) in [6, 6.07) is 0. The zero-order valence-electron chi connectivity index (χ0n) is 9.92. The van der Waals surface area contributed by atoms with Crippen LogP contribution >= 0.6 is 11.8 Å². The molecule has 1 aliphatic heterocycles. The second-order valence-electron chi connectivity index (χ2n) is 4.38. The molecular formula is C11H16N2O3S. The quantitative estimate of drug-likeness (QED) is 0.829. The van der Waals surface area contributed by atoms with E-state index in [-0.39, 0.29) is 17.4 Å². The van der Waals surface area contributed by atoms with E-state index in [1.54, 1.807) is 6.20 Å². The number of hydrogen-bond acceptors (Lipinski definition) is 4. The molecule has 5 nitrogen and oxygen atoms in total. The maximum absolute atomic E-state index is 10.6. The van der Waals surface area contributed by atoms with E-state index >= 15 is 0 Å². The third kappa shape index (κ3) is 2.32. The van der Waals surface area contributed by atoms with Crippen molar-refractivity contribution in [3.63, 3.8) is 0 Å². The lowest BCUT2D eigenvalue weighted by Crippen LogP contribution is -2.36. The zero-order chi connectivity index (χ0) is 12.5. The van der Waals surface area contributed by atoms with E-state index in [9.17, 15) is 4.79 Å². The van der Waals surface area contributed by atoms with Gasteiger partial charge in [0.05, 0.1) is 17.4 Å². The third-order valence-electron chi connectivity index (χ3n) is 3.33. The summed E-state index contributed by atoms with van der Waals surface area (Å²) in [4.78, 5) is 14.8. The Morgan fingerprint density at radius 1 is 1.82 bits per heavy atom. The van der Waals surface area contributed by atoms with Gasteiger partial charge in [-0.1, -0.05) is 11.8 Å². The number of thioether (sulfide) groups is 1. The van der Waals surface area contributed by atoms with Gasteiger partial charge in [0.1, 0.15) is 0 Å². The number of aromatic nitrogens is 2. The summed E-state index contributed by atoms with van der Waals surface area (Å²) in [5.74, 6) is -0.798. The maximum atomic E-state index is 10.6. The number of carboxylic acids is 1. The van der Waals surface area contributed by atoms with Crippen molar-refractivity contribution in [2.45, 2.75) is 37.1 Å². The molecule has 1 N–H and O–H groups in total. The molecule has 1 aromatic rings. The van der Waals surface area contributed by atoms with Crippen molar-refractivity contribution >= 4 is 17.7 Å². The molecule has 1 aromatic heterocycles. The van der Waals surface area contributed by atoms with Gasteiger partial charge < -0.3 is 14.4 Å². The van der Waals surface area contributed by atoms with Crippen LogP contribution in [0.5, 0.6) is 0 Å². The predicted molar refractivity (Wildman–Crippen MR) is 64.3 cm³/mol. The van der Waals surface area contributed by atoms with Crippen molar-refractivity contribution < 1.29 is 14.6 Å². The molecular weight excluding hydrogens is 240 g/mol. The Labute approximate surface area is 104 Å². The van der Waals surface area contributed by atoms with Crippen molar-refractivity contribution in [2.24, 2.45) is 0 Å². The van der Waals surface area contributed by atoms with Gasteiger partial charge in [-0.3, -0.25) is 4.79 Å². The van der Waals surface area contributed by atoms with E-state index < -0.39 is 5.97 Å². The van der Waals surface area contributed by atoms with Gasteiger partial charge in [-0.15, -0.1) is 0 Å². The highest BCUT2D eigenvalue weighted by molar-refractivity contribution is 7.99. The lowest BCUT2D eigenvalue weighted by molar-refractivity contribution is -0.133. The molecule has 0 spiro atoms. The largest absolute Gasteiger partial charge is 0.481 e. The minimum Gasteiger partial charge on any atom is -0.481 e. The molecule has 6 heteroatoms. The normalized spacial score (nSPS) is 28.5. The molecule has 1 fully saturated rings. The molecule has 0 amide bonds. The van der Waals surface area contributed by atoms with E-state index in [2.05, 4.69) is 11.9 Å². The van der Waals surface area contributed by atoms with Crippen LogP contribution in [0.4, 0.5) is 0 Å². The number of hydrogen-bond donors (Lipinski definition) is 1. The average Bonchev–Trinajstić information content (AvgIpc) is 2.85. The summed E-state index contributed by atoms with van der Waals surface area (Å²) in [7, 11) is 0. The molecule has 2 rings (SSSR count). The number of nitrogens with zero attached hydrogens (tertiary/aromatic N) is 2. The molecule has 2 atom stereocenters. The predicted octanol–water partition coefficient (Wildman–Crippen LogP) is 1.58. The minimum atomic E-state index is -0.828. The Morgan fingerprint density at radius 2 is 2.59 bits per heavy atom. The zero-order valence-corrected chi connectivity index (χ0v) is 10.7. The Kier molecular flexibility index (Phi) is 3.44. The smallest absolute Gasteiger partial charge is 0.313 e. The fourth-order valence-corrected chi connectivity index (χ4v) is 2.85. The molecule has 2 heterocycles. The van der Waals surface area contributed by atoms with Gasteiger partial charge >= 0.3 is 5.97 Å². The molecule has 1 aliphatic rings. The monoisotopic (exact) mass is 256 g/mol. The number of aliphatic carboxylic acids is 1. The topological polar surface area (TPSA) is 64.4 Å². The number of carboxylic acid groups (broad SMARTS) is 1. The van der Waals surface area contributed by atoms with E-state index in [0.717, 1.165) is 18.2 Å². The Balaban J connectivity index is 2.21. The third-order valence-corrected chi connectivity index (χ3v) is 4.29. The fraction of sp³-hybridized carbons (Fsp3) is 0.636. The maximum Gasteiger partial charge on any atom is 0.313 e. The summed E-state index contributed by atoms with van der Waals surface area (Å²) in [5.41, 5.74) is -0.128. The lowest BCUT2D eigenvalue weighted by Gasteiger charge is -2.30. The first kappa shape index (κ1) is 12.4. The summed E-state index contributed by atoms with van der Waals surface area (Å²) in [5, 5.41) is 9.44. The van der Waals surface area contributed by atoms with Crippen molar-refractivity contribution in [1.29, 1.82) is 0 Å². The molecule has 94 valence electrons. The van der Waals surface area contributed by atoms with Crippen molar-refractivity contribution in [1.82, 2.24) is 9.55 Å². The Bertz CT molecular complexity index is 421. The lowest BCUT2D eigenvalue weighted by atomic mass is 9.94. The van der Waals surface area contributed by atoms with Gasteiger partial charge in [0, 0.05) is 19.0 Å². The summed E-state index contributed by atoms with van der Waals surface area (Å²) in [6.45, 7) is 4.90. The Hall–Kier alpha value is -1.01. The van der Waals surface area contributed by atoms with Crippen LogP contribution in [0.25, 0.3) is 0 Å². The van der Waals surface area contributed by atoms with Crippen LogP contribution < -0.4 is 0 Å².